The molecule has 1 saturated heterocycles. The lowest BCUT2D eigenvalue weighted by Crippen LogP contribution is -2.38. The van der Waals surface area contributed by atoms with E-state index in [1.807, 2.05) is 26.0 Å². The fourth-order valence-corrected chi connectivity index (χ4v) is 3.28. The Bertz CT molecular complexity index is 707. The number of thiocarbonyl (C=S) groups is 1. The molecule has 2 amide bonds. The van der Waals surface area contributed by atoms with Crippen LogP contribution < -0.4 is 10.1 Å². The van der Waals surface area contributed by atoms with Gasteiger partial charge < -0.3 is 14.8 Å². The molecule has 1 fully saturated rings. The highest BCUT2D eigenvalue weighted by molar-refractivity contribution is 8.23. The van der Waals surface area contributed by atoms with Crippen LogP contribution in [0.2, 0.25) is 0 Å². The van der Waals surface area contributed by atoms with Crippen molar-refractivity contribution in [3.63, 3.8) is 0 Å². The summed E-state index contributed by atoms with van der Waals surface area (Å²) in [5.41, 5.74) is 2.01. The first-order valence-corrected chi connectivity index (χ1v) is 9.36. The highest BCUT2D eigenvalue weighted by atomic mass is 32.2. The third-order valence-corrected chi connectivity index (χ3v) is 5.20. The van der Waals surface area contributed by atoms with Crippen LogP contribution >= 0.6 is 24.0 Å². The van der Waals surface area contributed by atoms with Gasteiger partial charge in [-0.1, -0.05) is 36.1 Å². The average molecular weight is 396 g/mol. The fourth-order valence-electron chi connectivity index (χ4n) is 2.16. The minimum absolute atomic E-state index is 0.0655. The van der Waals surface area contributed by atoms with Crippen LogP contribution in [0.25, 0.3) is 0 Å². The van der Waals surface area contributed by atoms with Gasteiger partial charge in [0.15, 0.2) is 13.2 Å². The first-order valence-electron chi connectivity index (χ1n) is 7.97. The lowest BCUT2D eigenvalue weighted by atomic mass is 10.1. The van der Waals surface area contributed by atoms with Crippen molar-refractivity contribution in [2.45, 2.75) is 13.8 Å². The van der Waals surface area contributed by atoms with Gasteiger partial charge in [0.05, 0.1) is 5.75 Å². The normalized spacial score (nSPS) is 13.7. The molecule has 9 heteroatoms. The zero-order chi connectivity index (χ0) is 19.1. The largest absolute Gasteiger partial charge is 0.482 e. The lowest BCUT2D eigenvalue weighted by Gasteiger charge is -2.15. The first kappa shape index (κ1) is 20.2. The zero-order valence-corrected chi connectivity index (χ0v) is 16.2. The standard InChI is InChI=1S/C17H20N2O5S2/c1-11-4-3-5-13(12(11)2)23-9-16(22)24-8-14(20)18-6-7-19-15(21)10-26-17(19)25/h3-5H,6-10H2,1-2H3,(H,18,20). The first-order chi connectivity index (χ1) is 12.4. The second kappa shape index (κ2) is 9.54. The molecule has 7 nitrogen and oxygen atoms in total. The van der Waals surface area contributed by atoms with Crippen LogP contribution in [0.15, 0.2) is 18.2 Å². The number of hydrogen-bond donors (Lipinski definition) is 1. The van der Waals surface area contributed by atoms with Gasteiger partial charge >= 0.3 is 5.97 Å². The lowest BCUT2D eigenvalue weighted by molar-refractivity contribution is -0.150. The number of carbonyl (C=O) groups excluding carboxylic acids is 3. The van der Waals surface area contributed by atoms with Crippen molar-refractivity contribution in [3.8, 4) is 5.75 Å². The summed E-state index contributed by atoms with van der Waals surface area (Å²) in [5.74, 6) is -0.200. The molecule has 0 bridgehead atoms. The van der Waals surface area contributed by atoms with Gasteiger partial charge in [0.1, 0.15) is 10.1 Å². The number of esters is 1. The molecule has 0 spiro atoms. The molecule has 2 rings (SSSR count). The molecule has 140 valence electrons. The summed E-state index contributed by atoms with van der Waals surface area (Å²) in [6.07, 6.45) is 0. The van der Waals surface area contributed by atoms with Crippen molar-refractivity contribution < 1.29 is 23.9 Å². The highest BCUT2D eigenvalue weighted by Crippen LogP contribution is 2.20. The number of carbonyl (C=O) groups is 3. The summed E-state index contributed by atoms with van der Waals surface area (Å²) >= 11 is 6.34. The Balaban J connectivity index is 1.64. The van der Waals surface area contributed by atoms with E-state index in [1.54, 1.807) is 6.07 Å². The molecule has 0 unspecified atom stereocenters. The van der Waals surface area contributed by atoms with E-state index in [2.05, 4.69) is 5.32 Å². The number of amides is 2. The van der Waals surface area contributed by atoms with Gasteiger partial charge in [-0.15, -0.1) is 0 Å². The van der Waals surface area contributed by atoms with Gasteiger partial charge in [-0.05, 0) is 31.0 Å². The van der Waals surface area contributed by atoms with Crippen molar-refractivity contribution in [2.24, 2.45) is 0 Å². The van der Waals surface area contributed by atoms with Crippen LogP contribution in [0.1, 0.15) is 11.1 Å². The fraction of sp³-hybridized carbons (Fsp3) is 0.412. The van der Waals surface area contributed by atoms with Gasteiger partial charge in [0, 0.05) is 13.1 Å². The number of hydrogen-bond acceptors (Lipinski definition) is 7. The maximum atomic E-state index is 11.7. The summed E-state index contributed by atoms with van der Waals surface area (Å²) in [6.45, 7) is 3.72. The predicted molar refractivity (Wildman–Crippen MR) is 102 cm³/mol. The van der Waals surface area contributed by atoms with Gasteiger partial charge in [0.25, 0.3) is 5.91 Å². The predicted octanol–water partition coefficient (Wildman–Crippen LogP) is 1.20. The minimum Gasteiger partial charge on any atom is -0.482 e. The maximum Gasteiger partial charge on any atom is 0.344 e. The van der Waals surface area contributed by atoms with Crippen LogP contribution in [-0.2, 0) is 19.1 Å². The van der Waals surface area contributed by atoms with Crippen molar-refractivity contribution in [1.29, 1.82) is 0 Å². The second-order valence-corrected chi connectivity index (χ2v) is 7.21. The van der Waals surface area contributed by atoms with Gasteiger partial charge in [-0.2, -0.15) is 0 Å². The number of ether oxygens (including phenoxy) is 2. The molecule has 1 aliphatic heterocycles. The number of aryl methyl sites for hydroxylation is 1. The number of nitrogens with zero attached hydrogens (tertiary/aromatic N) is 1. The molecule has 1 N–H and O–H groups in total. The minimum atomic E-state index is -0.631. The van der Waals surface area contributed by atoms with E-state index >= 15 is 0 Å². The van der Waals surface area contributed by atoms with E-state index in [1.165, 1.54) is 16.7 Å². The van der Waals surface area contributed by atoms with Crippen LogP contribution in [0.3, 0.4) is 0 Å². The summed E-state index contributed by atoms with van der Waals surface area (Å²) in [4.78, 5) is 36.4. The Kier molecular flexibility index (Phi) is 7.40. The van der Waals surface area contributed by atoms with E-state index in [4.69, 9.17) is 21.7 Å². The van der Waals surface area contributed by atoms with Gasteiger partial charge in [-0.3, -0.25) is 14.5 Å². The van der Waals surface area contributed by atoms with Crippen molar-refractivity contribution >= 4 is 46.1 Å². The van der Waals surface area contributed by atoms with Crippen LogP contribution in [-0.4, -0.2) is 59.1 Å². The Hall–Kier alpha value is -2.13. The Morgan fingerprint density at radius 3 is 2.77 bits per heavy atom. The molecule has 0 radical (unpaired) electrons. The molecule has 0 aliphatic carbocycles. The zero-order valence-electron chi connectivity index (χ0n) is 14.6. The molecule has 26 heavy (non-hydrogen) atoms. The molecular weight excluding hydrogens is 376 g/mol. The van der Waals surface area contributed by atoms with Crippen LogP contribution in [0.5, 0.6) is 5.75 Å². The average Bonchev–Trinajstić information content (AvgIpc) is 2.93. The molecule has 1 heterocycles. The summed E-state index contributed by atoms with van der Waals surface area (Å²) in [6, 6.07) is 5.56. The van der Waals surface area contributed by atoms with Crippen LogP contribution in [0, 0.1) is 13.8 Å². The van der Waals surface area contributed by atoms with Crippen LogP contribution in [0.4, 0.5) is 0 Å². The molecule has 1 aromatic rings. The smallest absolute Gasteiger partial charge is 0.344 e. The third kappa shape index (κ3) is 5.70. The third-order valence-electron chi connectivity index (χ3n) is 3.76. The number of nitrogens with one attached hydrogen (secondary N) is 1. The summed E-state index contributed by atoms with van der Waals surface area (Å²) in [5, 5.41) is 2.58. The number of benzene rings is 1. The summed E-state index contributed by atoms with van der Waals surface area (Å²) < 4.78 is 10.8. The van der Waals surface area contributed by atoms with E-state index in [9.17, 15) is 14.4 Å². The summed E-state index contributed by atoms with van der Waals surface area (Å²) in [7, 11) is 0. The number of rotatable bonds is 8. The molecule has 0 aromatic heterocycles. The highest BCUT2D eigenvalue weighted by Gasteiger charge is 2.25. The van der Waals surface area contributed by atoms with Crippen molar-refractivity contribution in [1.82, 2.24) is 10.2 Å². The van der Waals surface area contributed by atoms with E-state index in [-0.39, 0.29) is 19.1 Å². The SMILES string of the molecule is Cc1cccc(OCC(=O)OCC(=O)NCCN2C(=O)CSC2=S)c1C. The van der Waals surface area contributed by atoms with Crippen molar-refractivity contribution in [2.75, 3.05) is 32.1 Å². The topological polar surface area (TPSA) is 84.9 Å². The second-order valence-electron chi connectivity index (χ2n) is 5.60. The Morgan fingerprint density at radius 1 is 1.31 bits per heavy atom. The monoisotopic (exact) mass is 396 g/mol. The molecule has 1 aliphatic rings. The molecule has 0 saturated carbocycles. The Morgan fingerprint density at radius 2 is 2.08 bits per heavy atom. The number of thioether (sulfide) groups is 1. The molecule has 0 atom stereocenters. The Labute approximate surface area is 161 Å². The van der Waals surface area contributed by atoms with Gasteiger partial charge in [0.2, 0.25) is 5.91 Å². The quantitative estimate of drug-likeness (QED) is 0.522. The van der Waals surface area contributed by atoms with Gasteiger partial charge in [-0.25, -0.2) is 4.79 Å². The van der Waals surface area contributed by atoms with Crippen molar-refractivity contribution in [3.05, 3.63) is 29.3 Å². The van der Waals surface area contributed by atoms with E-state index in [0.29, 0.717) is 22.4 Å². The maximum absolute atomic E-state index is 11.7. The van der Waals surface area contributed by atoms with E-state index in [0.717, 1.165) is 11.1 Å². The molecular formula is C17H20N2O5S2. The van der Waals surface area contributed by atoms with E-state index < -0.39 is 18.5 Å². The molecule has 1 aromatic carbocycles.